The number of aliphatic hydroxyl groups excluding tert-OH is 1. The van der Waals surface area contributed by atoms with Crippen LogP contribution in [0.5, 0.6) is 0 Å². The Kier molecular flexibility index (Phi) is 5.55. The van der Waals surface area contributed by atoms with Gasteiger partial charge < -0.3 is 15.7 Å². The molecule has 4 nitrogen and oxygen atoms in total. The van der Waals surface area contributed by atoms with Crippen LogP contribution in [0.4, 0.5) is 0 Å². The SMILES string of the molecule is O=C(CC(c1ccccc1)c1ccccc1)N[C@H]1C[C@H]2CNC[C@H]2C[C@@H]1O. The molecule has 3 N–H and O–H groups in total. The van der Waals surface area contributed by atoms with Crippen molar-refractivity contribution in [1.29, 1.82) is 0 Å². The van der Waals surface area contributed by atoms with Crippen molar-refractivity contribution in [2.24, 2.45) is 11.8 Å². The first-order valence-electron chi connectivity index (χ1n) is 9.98. The molecule has 27 heavy (non-hydrogen) atoms. The van der Waals surface area contributed by atoms with Gasteiger partial charge in [0.05, 0.1) is 12.1 Å². The Labute approximate surface area is 161 Å². The van der Waals surface area contributed by atoms with Crippen LogP contribution in [-0.2, 0) is 4.79 Å². The first-order valence-corrected chi connectivity index (χ1v) is 9.98. The van der Waals surface area contributed by atoms with Gasteiger partial charge in [-0.15, -0.1) is 0 Å². The molecule has 1 saturated carbocycles. The lowest BCUT2D eigenvalue weighted by atomic mass is 9.77. The average Bonchev–Trinajstić information content (AvgIpc) is 3.15. The van der Waals surface area contributed by atoms with E-state index in [-0.39, 0.29) is 17.9 Å². The first kappa shape index (κ1) is 18.2. The lowest BCUT2D eigenvalue weighted by Crippen LogP contribution is -2.49. The van der Waals surface area contributed by atoms with Crippen LogP contribution < -0.4 is 10.6 Å². The summed E-state index contributed by atoms with van der Waals surface area (Å²) in [7, 11) is 0. The zero-order valence-electron chi connectivity index (χ0n) is 15.6. The molecule has 2 fully saturated rings. The lowest BCUT2D eigenvalue weighted by Gasteiger charge is -2.36. The molecule has 142 valence electrons. The third-order valence-electron chi connectivity index (χ3n) is 6.18. The van der Waals surface area contributed by atoms with Gasteiger partial charge in [0.1, 0.15) is 0 Å². The number of carbonyl (C=O) groups is 1. The highest BCUT2D eigenvalue weighted by atomic mass is 16.3. The Morgan fingerprint density at radius 1 is 0.963 bits per heavy atom. The number of rotatable bonds is 5. The Morgan fingerprint density at radius 2 is 1.52 bits per heavy atom. The van der Waals surface area contributed by atoms with Crippen molar-refractivity contribution >= 4 is 5.91 Å². The molecule has 2 aromatic rings. The predicted octanol–water partition coefficient (Wildman–Crippen LogP) is 2.68. The van der Waals surface area contributed by atoms with Crippen molar-refractivity contribution < 1.29 is 9.90 Å². The Hall–Kier alpha value is -2.17. The number of amides is 1. The molecular weight excluding hydrogens is 336 g/mol. The summed E-state index contributed by atoms with van der Waals surface area (Å²) in [6, 6.07) is 20.2. The lowest BCUT2D eigenvalue weighted by molar-refractivity contribution is -0.123. The zero-order chi connectivity index (χ0) is 18.6. The van der Waals surface area contributed by atoms with Crippen molar-refractivity contribution in [2.75, 3.05) is 13.1 Å². The maximum atomic E-state index is 12.9. The molecule has 1 heterocycles. The van der Waals surface area contributed by atoms with Crippen molar-refractivity contribution in [3.63, 3.8) is 0 Å². The van der Waals surface area contributed by atoms with Gasteiger partial charge in [-0.1, -0.05) is 60.7 Å². The molecular formula is C23H28N2O2. The normalized spacial score (nSPS) is 27.3. The van der Waals surface area contributed by atoms with Crippen LogP contribution >= 0.6 is 0 Å². The number of benzene rings is 2. The topological polar surface area (TPSA) is 61.4 Å². The zero-order valence-corrected chi connectivity index (χ0v) is 15.6. The summed E-state index contributed by atoms with van der Waals surface area (Å²) in [6.45, 7) is 1.99. The van der Waals surface area contributed by atoms with Crippen molar-refractivity contribution in [1.82, 2.24) is 10.6 Å². The molecule has 0 radical (unpaired) electrons. The molecule has 0 unspecified atom stereocenters. The Bertz CT molecular complexity index is 710. The van der Waals surface area contributed by atoms with E-state index in [2.05, 4.69) is 34.9 Å². The molecule has 1 amide bonds. The van der Waals surface area contributed by atoms with E-state index >= 15 is 0 Å². The van der Waals surface area contributed by atoms with Gasteiger partial charge in [0.15, 0.2) is 0 Å². The van der Waals surface area contributed by atoms with Crippen molar-refractivity contribution in [3.05, 3.63) is 71.8 Å². The minimum Gasteiger partial charge on any atom is -0.391 e. The predicted molar refractivity (Wildman–Crippen MR) is 106 cm³/mol. The van der Waals surface area contributed by atoms with E-state index in [4.69, 9.17) is 0 Å². The minimum atomic E-state index is -0.443. The van der Waals surface area contributed by atoms with Gasteiger partial charge in [-0.05, 0) is 48.9 Å². The number of fused-ring (bicyclic) bond motifs is 1. The monoisotopic (exact) mass is 364 g/mol. The summed E-state index contributed by atoms with van der Waals surface area (Å²) in [6.07, 6.45) is 1.60. The maximum absolute atomic E-state index is 12.9. The maximum Gasteiger partial charge on any atom is 0.221 e. The summed E-state index contributed by atoms with van der Waals surface area (Å²) in [5.74, 6) is 1.16. The average molecular weight is 364 g/mol. The molecule has 1 aliphatic heterocycles. The van der Waals surface area contributed by atoms with Crippen LogP contribution in [0.15, 0.2) is 60.7 Å². The minimum absolute atomic E-state index is 0.0150. The van der Waals surface area contributed by atoms with E-state index in [0.717, 1.165) is 37.1 Å². The third-order valence-corrected chi connectivity index (χ3v) is 6.18. The summed E-state index contributed by atoms with van der Waals surface area (Å²) in [5, 5.41) is 17.0. The largest absolute Gasteiger partial charge is 0.391 e. The summed E-state index contributed by atoms with van der Waals surface area (Å²) in [4.78, 5) is 12.9. The smallest absolute Gasteiger partial charge is 0.221 e. The number of hydrogen-bond acceptors (Lipinski definition) is 3. The Morgan fingerprint density at radius 3 is 2.11 bits per heavy atom. The highest BCUT2D eigenvalue weighted by molar-refractivity contribution is 5.78. The molecule has 1 aliphatic carbocycles. The van der Waals surface area contributed by atoms with Crippen molar-refractivity contribution in [3.8, 4) is 0 Å². The number of carbonyl (C=O) groups excluding carboxylic acids is 1. The molecule has 0 spiro atoms. The van der Waals surface area contributed by atoms with Gasteiger partial charge in [-0.25, -0.2) is 0 Å². The first-order chi connectivity index (χ1) is 13.2. The number of nitrogens with one attached hydrogen (secondary N) is 2. The van der Waals surface area contributed by atoms with Crippen LogP contribution in [-0.4, -0.2) is 36.2 Å². The van der Waals surface area contributed by atoms with E-state index in [1.54, 1.807) is 0 Å². The molecule has 2 aliphatic rings. The van der Waals surface area contributed by atoms with Crippen molar-refractivity contribution in [2.45, 2.75) is 37.3 Å². The highest BCUT2D eigenvalue weighted by Crippen LogP contribution is 2.33. The van der Waals surface area contributed by atoms with Crippen LogP contribution in [0.3, 0.4) is 0 Å². The molecule has 2 aromatic carbocycles. The standard InChI is InChI=1S/C23H28N2O2/c26-22-12-19-15-24-14-18(19)11-21(22)25-23(27)13-20(16-7-3-1-4-8-16)17-9-5-2-6-10-17/h1-10,18-22,24,26H,11-15H2,(H,25,27)/t18-,19+,21-,22-/m0/s1. The van der Waals surface area contributed by atoms with Crippen LogP contribution in [0, 0.1) is 11.8 Å². The summed E-state index contributed by atoms with van der Waals surface area (Å²) < 4.78 is 0. The second-order valence-electron chi connectivity index (χ2n) is 7.97. The highest BCUT2D eigenvalue weighted by Gasteiger charge is 2.39. The second kappa shape index (κ2) is 8.24. The van der Waals surface area contributed by atoms with Gasteiger partial charge in [0, 0.05) is 12.3 Å². The molecule has 4 atom stereocenters. The van der Waals surface area contributed by atoms with Gasteiger partial charge in [-0.2, -0.15) is 0 Å². The quantitative estimate of drug-likeness (QED) is 0.764. The van der Waals surface area contributed by atoms with E-state index in [1.807, 2.05) is 36.4 Å². The van der Waals surface area contributed by atoms with Crippen LogP contribution in [0.2, 0.25) is 0 Å². The van der Waals surface area contributed by atoms with E-state index in [1.165, 1.54) is 0 Å². The van der Waals surface area contributed by atoms with E-state index in [9.17, 15) is 9.90 Å². The van der Waals surface area contributed by atoms with Crippen LogP contribution in [0.25, 0.3) is 0 Å². The third kappa shape index (κ3) is 4.23. The van der Waals surface area contributed by atoms with E-state index in [0.29, 0.717) is 18.3 Å². The fraction of sp³-hybridized carbons (Fsp3) is 0.435. The van der Waals surface area contributed by atoms with Gasteiger partial charge in [0.25, 0.3) is 0 Å². The fourth-order valence-electron chi connectivity index (χ4n) is 4.70. The fourth-order valence-corrected chi connectivity index (χ4v) is 4.70. The molecule has 1 saturated heterocycles. The van der Waals surface area contributed by atoms with Crippen LogP contribution in [0.1, 0.15) is 36.3 Å². The molecule has 0 aromatic heterocycles. The van der Waals surface area contributed by atoms with E-state index < -0.39 is 6.10 Å². The van der Waals surface area contributed by atoms with Gasteiger partial charge in [-0.3, -0.25) is 4.79 Å². The summed E-state index contributed by atoms with van der Waals surface area (Å²) in [5.41, 5.74) is 2.28. The summed E-state index contributed by atoms with van der Waals surface area (Å²) >= 11 is 0. The van der Waals surface area contributed by atoms with Gasteiger partial charge >= 0.3 is 0 Å². The Balaban J connectivity index is 1.46. The number of hydrogen-bond donors (Lipinski definition) is 3. The molecule has 4 heteroatoms. The second-order valence-corrected chi connectivity index (χ2v) is 7.97. The van der Waals surface area contributed by atoms with Gasteiger partial charge in [0.2, 0.25) is 5.91 Å². The molecule has 0 bridgehead atoms. The number of aliphatic hydroxyl groups is 1. The molecule has 4 rings (SSSR count).